The molecule has 2 N–H and O–H groups in total. The molecule has 0 amide bonds. The molecule has 0 spiro atoms. The van der Waals surface area contributed by atoms with Crippen LogP contribution in [0.25, 0.3) is 0 Å². The summed E-state index contributed by atoms with van der Waals surface area (Å²) in [4.78, 5) is 18.9. The maximum absolute atomic E-state index is 11.7. The number of aryl methyl sites for hydroxylation is 2. The molecule has 6 nitrogen and oxygen atoms in total. The SMILES string of the molecule is O=C(O)[C@@H](CO[C@@H]1CCCN(CCCc2ccc3c(n2)NCCC3)C1)c1ccccc1. The molecule has 2 aromatic rings. The number of hydrogen-bond acceptors (Lipinski definition) is 5. The molecule has 0 radical (unpaired) electrons. The number of nitrogens with one attached hydrogen (secondary N) is 1. The standard InChI is InChI=1S/C25H33N3O3/c29-25(30)23(19-7-2-1-3-8-19)18-31-22-11-6-16-28(17-22)15-5-10-21-13-12-20-9-4-14-26-24(20)27-21/h1-3,7-8,12-13,22-23H,4-6,9-11,14-18H2,(H,26,27)(H,29,30)/t22-,23+/m1/s1. The maximum Gasteiger partial charge on any atom is 0.313 e. The summed E-state index contributed by atoms with van der Waals surface area (Å²) in [7, 11) is 0. The topological polar surface area (TPSA) is 74.7 Å². The number of benzene rings is 1. The molecule has 2 atom stereocenters. The van der Waals surface area contributed by atoms with Crippen LogP contribution in [0.1, 0.15) is 48.4 Å². The zero-order valence-corrected chi connectivity index (χ0v) is 18.1. The fourth-order valence-corrected chi connectivity index (χ4v) is 4.57. The van der Waals surface area contributed by atoms with E-state index >= 15 is 0 Å². The van der Waals surface area contributed by atoms with Crippen LogP contribution in [0.15, 0.2) is 42.5 Å². The fourth-order valence-electron chi connectivity index (χ4n) is 4.57. The highest BCUT2D eigenvalue weighted by molar-refractivity contribution is 5.76. The van der Waals surface area contributed by atoms with Crippen LogP contribution < -0.4 is 5.32 Å². The van der Waals surface area contributed by atoms with Crippen LogP contribution >= 0.6 is 0 Å². The van der Waals surface area contributed by atoms with Gasteiger partial charge in [-0.3, -0.25) is 4.79 Å². The zero-order chi connectivity index (χ0) is 21.5. The highest BCUT2D eigenvalue weighted by atomic mass is 16.5. The lowest BCUT2D eigenvalue weighted by molar-refractivity contribution is -0.141. The van der Waals surface area contributed by atoms with Crippen molar-refractivity contribution in [2.24, 2.45) is 0 Å². The quantitative estimate of drug-likeness (QED) is 0.640. The van der Waals surface area contributed by atoms with Crippen LogP contribution in [0, 0.1) is 0 Å². The number of rotatable bonds is 9. The Labute approximate surface area is 184 Å². The van der Waals surface area contributed by atoms with Crippen molar-refractivity contribution in [3.05, 3.63) is 59.3 Å². The molecule has 1 fully saturated rings. The number of hydrogen-bond donors (Lipinski definition) is 2. The Bertz CT molecular complexity index is 858. The number of anilines is 1. The van der Waals surface area contributed by atoms with Gasteiger partial charge in [0, 0.05) is 18.8 Å². The van der Waals surface area contributed by atoms with E-state index in [9.17, 15) is 9.90 Å². The van der Waals surface area contributed by atoms with Crippen molar-refractivity contribution < 1.29 is 14.6 Å². The number of fused-ring (bicyclic) bond motifs is 1. The maximum atomic E-state index is 11.7. The minimum Gasteiger partial charge on any atom is -0.481 e. The third kappa shape index (κ3) is 6.05. The Morgan fingerprint density at radius 3 is 2.94 bits per heavy atom. The summed E-state index contributed by atoms with van der Waals surface area (Å²) in [5, 5.41) is 13.0. The normalized spacial score (nSPS) is 19.9. The molecule has 2 aliphatic heterocycles. The Hall–Kier alpha value is -2.44. The van der Waals surface area contributed by atoms with Crippen molar-refractivity contribution in [2.45, 2.75) is 50.5 Å². The number of carboxylic acid groups (broad SMARTS) is 1. The third-order valence-electron chi connectivity index (χ3n) is 6.32. The monoisotopic (exact) mass is 423 g/mol. The van der Waals surface area contributed by atoms with Gasteiger partial charge >= 0.3 is 5.97 Å². The summed E-state index contributed by atoms with van der Waals surface area (Å²) in [5.41, 5.74) is 3.29. The second kappa shape index (κ2) is 10.7. The lowest BCUT2D eigenvalue weighted by Crippen LogP contribution is -2.41. The summed E-state index contributed by atoms with van der Waals surface area (Å²) in [6.45, 7) is 4.23. The van der Waals surface area contributed by atoms with Crippen LogP contribution in [-0.4, -0.2) is 59.8 Å². The number of pyridine rings is 1. The van der Waals surface area contributed by atoms with Crippen molar-refractivity contribution in [1.82, 2.24) is 9.88 Å². The van der Waals surface area contributed by atoms with E-state index in [1.165, 1.54) is 12.0 Å². The first-order valence-corrected chi connectivity index (χ1v) is 11.5. The first-order valence-electron chi connectivity index (χ1n) is 11.5. The van der Waals surface area contributed by atoms with Gasteiger partial charge < -0.3 is 20.1 Å². The molecule has 0 aliphatic carbocycles. The number of carbonyl (C=O) groups is 1. The van der Waals surface area contributed by atoms with Gasteiger partial charge in [-0.05, 0) is 68.8 Å². The Morgan fingerprint density at radius 1 is 1.23 bits per heavy atom. The van der Waals surface area contributed by atoms with E-state index in [1.807, 2.05) is 30.3 Å². The Morgan fingerprint density at radius 2 is 2.10 bits per heavy atom. The zero-order valence-electron chi connectivity index (χ0n) is 18.1. The van der Waals surface area contributed by atoms with Crippen LogP contribution in [-0.2, 0) is 22.4 Å². The van der Waals surface area contributed by atoms with Crippen molar-refractivity contribution in [2.75, 3.05) is 38.1 Å². The van der Waals surface area contributed by atoms with Gasteiger partial charge in [0.05, 0.1) is 12.7 Å². The highest BCUT2D eigenvalue weighted by Gasteiger charge is 2.25. The van der Waals surface area contributed by atoms with Gasteiger partial charge in [0.2, 0.25) is 0 Å². The van der Waals surface area contributed by atoms with E-state index in [0.29, 0.717) is 0 Å². The fraction of sp³-hybridized carbons (Fsp3) is 0.520. The highest BCUT2D eigenvalue weighted by Crippen LogP contribution is 2.22. The molecular formula is C25H33N3O3. The number of piperidine rings is 1. The summed E-state index contributed by atoms with van der Waals surface area (Å²) >= 11 is 0. The largest absolute Gasteiger partial charge is 0.481 e. The number of aliphatic carboxylic acids is 1. The van der Waals surface area contributed by atoms with E-state index in [0.717, 1.165) is 75.4 Å². The predicted molar refractivity (Wildman–Crippen MR) is 122 cm³/mol. The van der Waals surface area contributed by atoms with Gasteiger partial charge in [0.1, 0.15) is 11.7 Å². The van der Waals surface area contributed by atoms with Gasteiger partial charge in [0.15, 0.2) is 0 Å². The number of nitrogens with zero attached hydrogens (tertiary/aromatic N) is 2. The first-order chi connectivity index (χ1) is 15.2. The molecule has 1 aromatic carbocycles. The van der Waals surface area contributed by atoms with Crippen LogP contribution in [0.2, 0.25) is 0 Å². The molecule has 0 bridgehead atoms. The van der Waals surface area contributed by atoms with E-state index in [4.69, 9.17) is 9.72 Å². The molecule has 0 saturated carbocycles. The molecule has 2 aliphatic rings. The van der Waals surface area contributed by atoms with E-state index in [1.54, 1.807) is 0 Å². The lowest BCUT2D eigenvalue weighted by atomic mass is 10.00. The number of carboxylic acids is 1. The van der Waals surface area contributed by atoms with E-state index in [2.05, 4.69) is 22.3 Å². The van der Waals surface area contributed by atoms with Crippen LogP contribution in [0.5, 0.6) is 0 Å². The Balaban J connectivity index is 1.23. The van der Waals surface area contributed by atoms with Gasteiger partial charge in [0.25, 0.3) is 0 Å². The summed E-state index contributed by atoms with van der Waals surface area (Å²) < 4.78 is 6.07. The van der Waals surface area contributed by atoms with Crippen molar-refractivity contribution in [3.63, 3.8) is 0 Å². The van der Waals surface area contributed by atoms with Crippen LogP contribution in [0.3, 0.4) is 0 Å². The average molecular weight is 424 g/mol. The second-order valence-corrected chi connectivity index (χ2v) is 8.64. The summed E-state index contributed by atoms with van der Waals surface area (Å²) in [6, 6.07) is 13.8. The van der Waals surface area contributed by atoms with E-state index < -0.39 is 11.9 Å². The number of ether oxygens (including phenoxy) is 1. The van der Waals surface area contributed by atoms with Gasteiger partial charge in [-0.2, -0.15) is 0 Å². The van der Waals surface area contributed by atoms with Gasteiger partial charge in [-0.1, -0.05) is 36.4 Å². The molecular weight excluding hydrogens is 390 g/mol. The predicted octanol–water partition coefficient (Wildman–Crippen LogP) is 3.72. The summed E-state index contributed by atoms with van der Waals surface area (Å²) in [6.07, 6.45) is 6.55. The third-order valence-corrected chi connectivity index (χ3v) is 6.32. The smallest absolute Gasteiger partial charge is 0.313 e. The molecule has 0 unspecified atom stereocenters. The molecule has 1 saturated heterocycles. The minimum atomic E-state index is -0.828. The van der Waals surface area contributed by atoms with Crippen molar-refractivity contribution >= 4 is 11.8 Å². The molecule has 166 valence electrons. The molecule has 6 heteroatoms. The van der Waals surface area contributed by atoms with Crippen molar-refractivity contribution in [1.29, 1.82) is 0 Å². The van der Waals surface area contributed by atoms with Crippen molar-refractivity contribution in [3.8, 4) is 0 Å². The number of aromatic nitrogens is 1. The lowest BCUT2D eigenvalue weighted by Gasteiger charge is -2.33. The van der Waals surface area contributed by atoms with Gasteiger partial charge in [-0.25, -0.2) is 4.98 Å². The van der Waals surface area contributed by atoms with Crippen LogP contribution in [0.4, 0.5) is 5.82 Å². The average Bonchev–Trinajstić information content (AvgIpc) is 2.80. The van der Waals surface area contributed by atoms with Gasteiger partial charge in [-0.15, -0.1) is 0 Å². The minimum absolute atomic E-state index is 0.102. The first kappa shape index (κ1) is 21.8. The molecule has 1 aromatic heterocycles. The summed E-state index contributed by atoms with van der Waals surface area (Å²) in [5.74, 6) is -0.368. The second-order valence-electron chi connectivity index (χ2n) is 8.64. The Kier molecular flexibility index (Phi) is 7.54. The number of likely N-dealkylation sites (tertiary alicyclic amines) is 1. The molecule has 3 heterocycles. The molecule has 31 heavy (non-hydrogen) atoms. The molecule has 4 rings (SSSR count). The van der Waals surface area contributed by atoms with E-state index in [-0.39, 0.29) is 12.7 Å².